The van der Waals surface area contributed by atoms with Crippen molar-refractivity contribution in [3.63, 3.8) is 0 Å². The van der Waals surface area contributed by atoms with E-state index in [2.05, 4.69) is 22.5 Å². The second kappa shape index (κ2) is 13.5. The molecule has 28 heavy (non-hydrogen) atoms. The molecule has 0 radical (unpaired) electrons. The molecule has 1 aromatic heterocycles. The van der Waals surface area contributed by atoms with Crippen LogP contribution in [0.15, 0.2) is 18.3 Å². The summed E-state index contributed by atoms with van der Waals surface area (Å²) in [7, 11) is 1.54. The molecule has 0 bridgehead atoms. The van der Waals surface area contributed by atoms with Crippen LogP contribution in [0, 0.1) is 0 Å². The van der Waals surface area contributed by atoms with E-state index in [1.165, 1.54) is 0 Å². The zero-order chi connectivity index (χ0) is 20.8. The normalized spacial score (nSPS) is 11.5. The molecule has 0 saturated heterocycles. The predicted octanol–water partition coefficient (Wildman–Crippen LogP) is 1.47. The molecule has 4 N–H and O–H groups in total. The number of carbonyl (C=O) groups is 3. The Labute approximate surface area is 166 Å². The fraction of sp³-hybridized carbons (Fsp3) is 0.600. The number of ether oxygens (including phenoxy) is 1. The molecule has 0 aromatic carbocycles. The Kier molecular flexibility index (Phi) is 11.3. The highest BCUT2D eigenvalue weighted by Crippen LogP contribution is 2.07. The summed E-state index contributed by atoms with van der Waals surface area (Å²) in [5.41, 5.74) is 6.27. The van der Waals surface area contributed by atoms with Gasteiger partial charge in [0.25, 0.3) is 0 Å². The molecular weight excluding hydrogens is 360 g/mol. The van der Waals surface area contributed by atoms with Crippen molar-refractivity contribution in [3.05, 3.63) is 23.9 Å². The van der Waals surface area contributed by atoms with Gasteiger partial charge in [0.05, 0.1) is 13.5 Å². The number of primary amides is 1. The molecule has 0 fully saturated rings. The lowest BCUT2D eigenvalue weighted by Crippen LogP contribution is -2.47. The number of nitrogens with two attached hydrogens (primary N) is 1. The molecule has 8 nitrogen and oxygen atoms in total. The smallest absolute Gasteiger partial charge is 0.240 e. The lowest BCUT2D eigenvalue weighted by Gasteiger charge is -2.15. The number of rotatable bonds is 14. The molecule has 1 rings (SSSR count). The summed E-state index contributed by atoms with van der Waals surface area (Å²) in [5, 5.41) is 5.29. The van der Waals surface area contributed by atoms with Crippen LogP contribution >= 0.6 is 0 Å². The molecule has 1 aromatic rings. The molecule has 0 aliphatic heterocycles. The van der Waals surface area contributed by atoms with E-state index in [4.69, 9.17) is 10.5 Å². The van der Waals surface area contributed by atoms with Gasteiger partial charge in [0.15, 0.2) is 0 Å². The highest BCUT2D eigenvalue weighted by Gasteiger charge is 2.21. The maximum atomic E-state index is 12.1. The Bertz CT molecular complexity index is 619. The van der Waals surface area contributed by atoms with E-state index in [0.717, 1.165) is 37.7 Å². The van der Waals surface area contributed by atoms with Crippen LogP contribution < -0.4 is 21.1 Å². The molecule has 3 amide bonds. The largest absolute Gasteiger partial charge is 0.481 e. The fourth-order valence-corrected chi connectivity index (χ4v) is 2.66. The third-order valence-electron chi connectivity index (χ3n) is 4.32. The number of nitrogens with zero attached hydrogens (tertiary/aromatic N) is 1. The van der Waals surface area contributed by atoms with Gasteiger partial charge in [-0.05, 0) is 18.4 Å². The summed E-state index contributed by atoms with van der Waals surface area (Å²) >= 11 is 0. The summed E-state index contributed by atoms with van der Waals surface area (Å²) in [5.74, 6) is -0.780. The quantitative estimate of drug-likeness (QED) is 0.414. The Morgan fingerprint density at radius 1 is 1.14 bits per heavy atom. The van der Waals surface area contributed by atoms with Crippen LogP contribution in [0.3, 0.4) is 0 Å². The molecule has 0 aliphatic rings. The number of unbranched alkanes of at least 4 members (excludes halogenated alkanes) is 4. The Balaban J connectivity index is 2.32. The monoisotopic (exact) mass is 392 g/mol. The Morgan fingerprint density at radius 2 is 1.89 bits per heavy atom. The molecule has 156 valence electrons. The van der Waals surface area contributed by atoms with E-state index in [-0.39, 0.29) is 18.2 Å². The maximum absolute atomic E-state index is 12.1. The summed E-state index contributed by atoms with van der Waals surface area (Å²) in [6, 6.07) is 2.62. The highest BCUT2D eigenvalue weighted by atomic mass is 16.5. The third kappa shape index (κ3) is 9.89. The van der Waals surface area contributed by atoms with Crippen LogP contribution in [0.4, 0.5) is 0 Å². The van der Waals surface area contributed by atoms with Gasteiger partial charge in [0.1, 0.15) is 6.04 Å². The second-order valence-corrected chi connectivity index (χ2v) is 6.70. The summed E-state index contributed by atoms with van der Waals surface area (Å²) < 4.78 is 4.99. The van der Waals surface area contributed by atoms with Crippen LogP contribution in [0.1, 0.15) is 57.4 Å². The van der Waals surface area contributed by atoms with Crippen LogP contribution in [0.2, 0.25) is 0 Å². The minimum absolute atomic E-state index is 0.169. The van der Waals surface area contributed by atoms with Gasteiger partial charge in [-0.3, -0.25) is 14.4 Å². The summed E-state index contributed by atoms with van der Waals surface area (Å²) in [4.78, 5) is 39.7. The molecule has 0 aliphatic carbocycles. The van der Waals surface area contributed by atoms with E-state index in [1.54, 1.807) is 19.4 Å². The van der Waals surface area contributed by atoms with Crippen molar-refractivity contribution in [2.24, 2.45) is 5.73 Å². The van der Waals surface area contributed by atoms with Gasteiger partial charge in [-0.25, -0.2) is 4.98 Å². The first-order valence-electron chi connectivity index (χ1n) is 9.80. The van der Waals surface area contributed by atoms with Crippen LogP contribution in [0.5, 0.6) is 5.88 Å². The summed E-state index contributed by atoms with van der Waals surface area (Å²) in [6.07, 6.45) is 7.56. The van der Waals surface area contributed by atoms with E-state index < -0.39 is 11.9 Å². The molecule has 1 unspecified atom stereocenters. The number of hydrogen-bond acceptors (Lipinski definition) is 5. The average Bonchev–Trinajstić information content (AvgIpc) is 2.67. The van der Waals surface area contributed by atoms with E-state index in [0.29, 0.717) is 25.3 Å². The minimum atomic E-state index is -0.995. The van der Waals surface area contributed by atoms with Gasteiger partial charge < -0.3 is 21.1 Å². The van der Waals surface area contributed by atoms with Gasteiger partial charge >= 0.3 is 0 Å². The van der Waals surface area contributed by atoms with Crippen molar-refractivity contribution in [2.45, 2.75) is 64.3 Å². The third-order valence-corrected chi connectivity index (χ3v) is 4.32. The second-order valence-electron chi connectivity index (χ2n) is 6.70. The number of amides is 3. The highest BCUT2D eigenvalue weighted by molar-refractivity contribution is 5.91. The first kappa shape index (κ1) is 23.4. The van der Waals surface area contributed by atoms with Crippen molar-refractivity contribution in [1.82, 2.24) is 15.6 Å². The zero-order valence-electron chi connectivity index (χ0n) is 16.8. The topological polar surface area (TPSA) is 123 Å². The van der Waals surface area contributed by atoms with E-state index >= 15 is 0 Å². The zero-order valence-corrected chi connectivity index (χ0v) is 16.8. The van der Waals surface area contributed by atoms with Gasteiger partial charge in [-0.15, -0.1) is 0 Å². The molecule has 0 spiro atoms. The fourth-order valence-electron chi connectivity index (χ4n) is 2.66. The van der Waals surface area contributed by atoms with Gasteiger partial charge in [-0.2, -0.15) is 0 Å². The van der Waals surface area contributed by atoms with Gasteiger partial charge in [0.2, 0.25) is 23.6 Å². The van der Waals surface area contributed by atoms with Gasteiger partial charge in [-0.1, -0.05) is 38.7 Å². The van der Waals surface area contributed by atoms with Crippen molar-refractivity contribution >= 4 is 17.7 Å². The lowest BCUT2D eigenvalue weighted by molar-refractivity contribution is -0.130. The molecule has 1 heterocycles. The molecule has 1 atom stereocenters. The van der Waals surface area contributed by atoms with Crippen molar-refractivity contribution in [1.29, 1.82) is 0 Å². The van der Waals surface area contributed by atoms with Crippen LogP contribution in [-0.4, -0.2) is 42.4 Å². The number of methoxy groups -OCH3 is 1. The number of hydrogen-bond donors (Lipinski definition) is 3. The van der Waals surface area contributed by atoms with E-state index in [9.17, 15) is 14.4 Å². The van der Waals surface area contributed by atoms with E-state index in [1.807, 2.05) is 6.07 Å². The number of carbonyl (C=O) groups excluding carboxylic acids is 3. The number of nitrogens with one attached hydrogen (secondary N) is 2. The maximum Gasteiger partial charge on any atom is 0.240 e. The Hall–Kier alpha value is -2.64. The first-order valence-corrected chi connectivity index (χ1v) is 9.80. The standard InChI is InChI=1S/C20H32N4O4/c1-3-4-5-6-7-8-17(25)24-16(20(21)27)13-18(26)22-12-11-15-9-10-19(28-2)23-14-15/h9-10,14,16H,3-8,11-13H2,1-2H3,(H2,21,27)(H,22,26)(H,24,25). The molecular formula is C20H32N4O4. The van der Waals surface area contributed by atoms with Crippen molar-refractivity contribution in [2.75, 3.05) is 13.7 Å². The lowest BCUT2D eigenvalue weighted by atomic mass is 10.1. The van der Waals surface area contributed by atoms with Gasteiger partial charge in [0, 0.05) is 25.2 Å². The average molecular weight is 393 g/mol. The summed E-state index contributed by atoms with van der Waals surface area (Å²) in [6.45, 7) is 2.52. The van der Waals surface area contributed by atoms with Crippen molar-refractivity contribution in [3.8, 4) is 5.88 Å². The SMILES string of the molecule is CCCCCCCC(=O)NC(CC(=O)NCCc1ccc(OC)nc1)C(N)=O. The minimum Gasteiger partial charge on any atom is -0.481 e. The molecule has 0 saturated carbocycles. The molecule has 8 heteroatoms. The van der Waals surface area contributed by atoms with Crippen LogP contribution in [0.25, 0.3) is 0 Å². The van der Waals surface area contributed by atoms with Crippen molar-refractivity contribution < 1.29 is 19.1 Å². The number of aromatic nitrogens is 1. The number of pyridine rings is 1. The van der Waals surface area contributed by atoms with Crippen LogP contribution in [-0.2, 0) is 20.8 Å². The Morgan fingerprint density at radius 3 is 2.50 bits per heavy atom. The predicted molar refractivity (Wildman–Crippen MR) is 107 cm³/mol. The first-order chi connectivity index (χ1) is 13.5.